The Balaban J connectivity index is 0.000000401. The molecule has 0 heterocycles. The SMILES string of the molecule is C[N+](C)(C)Cc1ccccc1.C[N+](C)(C)Cc1ccccc1.O=S([O-])[O-]. The van der Waals surface area contributed by atoms with Gasteiger partial charge in [-0.2, -0.15) is 0 Å². The molecule has 2 aromatic carbocycles. The lowest BCUT2D eigenvalue weighted by Crippen LogP contribution is -2.33. The average molecular weight is 381 g/mol. The van der Waals surface area contributed by atoms with Gasteiger partial charge in [-0.05, 0) is 0 Å². The van der Waals surface area contributed by atoms with Gasteiger partial charge in [-0.3, -0.25) is 4.21 Å². The molecule has 0 N–H and O–H groups in total. The van der Waals surface area contributed by atoms with Gasteiger partial charge in [0.15, 0.2) is 0 Å². The van der Waals surface area contributed by atoms with Crippen LogP contribution in [0.25, 0.3) is 0 Å². The van der Waals surface area contributed by atoms with Crippen molar-refractivity contribution >= 4 is 11.4 Å². The van der Waals surface area contributed by atoms with E-state index in [1.807, 2.05) is 0 Å². The molecule has 0 fully saturated rings. The van der Waals surface area contributed by atoms with Gasteiger partial charge in [-0.1, -0.05) is 60.7 Å². The van der Waals surface area contributed by atoms with Crippen molar-refractivity contribution in [1.29, 1.82) is 0 Å². The van der Waals surface area contributed by atoms with E-state index in [-0.39, 0.29) is 0 Å². The van der Waals surface area contributed by atoms with E-state index in [0.29, 0.717) is 0 Å². The molecule has 146 valence electrons. The minimum absolute atomic E-state index is 0.990. The first-order valence-corrected chi connectivity index (χ1v) is 9.34. The first-order valence-electron chi connectivity index (χ1n) is 8.34. The largest absolute Gasteiger partial charge is 0.784 e. The molecular weight excluding hydrogens is 348 g/mol. The summed E-state index contributed by atoms with van der Waals surface area (Å²) in [4.78, 5) is 0. The van der Waals surface area contributed by atoms with E-state index in [9.17, 15) is 0 Å². The molecule has 6 heteroatoms. The summed E-state index contributed by atoms with van der Waals surface area (Å²) in [5.41, 5.74) is 2.81. The summed E-state index contributed by atoms with van der Waals surface area (Å²) in [6, 6.07) is 21.1. The van der Waals surface area contributed by atoms with Crippen molar-refractivity contribution in [2.24, 2.45) is 0 Å². The van der Waals surface area contributed by atoms with Crippen LogP contribution in [-0.2, 0) is 24.5 Å². The zero-order valence-electron chi connectivity index (χ0n) is 16.7. The molecule has 0 aliphatic rings. The Bertz CT molecular complexity index is 565. The van der Waals surface area contributed by atoms with Crippen molar-refractivity contribution in [3.05, 3.63) is 71.8 Å². The molecule has 5 nitrogen and oxygen atoms in total. The van der Waals surface area contributed by atoms with Gasteiger partial charge in [-0.25, -0.2) is 0 Å². The molecule has 26 heavy (non-hydrogen) atoms. The molecule has 0 amide bonds. The minimum atomic E-state index is -3.11. The van der Waals surface area contributed by atoms with Gasteiger partial charge in [0, 0.05) is 11.1 Å². The highest BCUT2D eigenvalue weighted by Crippen LogP contribution is 2.05. The summed E-state index contributed by atoms with van der Waals surface area (Å²) in [6.07, 6.45) is 0. The molecule has 0 saturated carbocycles. The summed E-state index contributed by atoms with van der Waals surface area (Å²) >= 11 is -3.11. The average Bonchev–Trinajstić information content (AvgIpc) is 2.46. The predicted octanol–water partition coefficient (Wildman–Crippen LogP) is 2.78. The molecule has 0 spiro atoms. The number of benzene rings is 2. The van der Waals surface area contributed by atoms with E-state index in [4.69, 9.17) is 13.3 Å². The molecule has 2 aromatic rings. The summed E-state index contributed by atoms with van der Waals surface area (Å²) in [6.45, 7) is 2.20. The molecule has 0 radical (unpaired) electrons. The van der Waals surface area contributed by atoms with Gasteiger partial charge in [0.05, 0.1) is 42.3 Å². The fourth-order valence-electron chi connectivity index (χ4n) is 2.26. The van der Waals surface area contributed by atoms with Crippen molar-refractivity contribution in [3.63, 3.8) is 0 Å². The van der Waals surface area contributed by atoms with Gasteiger partial charge >= 0.3 is 0 Å². The maximum atomic E-state index is 8.44. The lowest BCUT2D eigenvalue weighted by Gasteiger charge is -2.23. The smallest absolute Gasteiger partial charge is 0.104 e. The Hall–Kier alpha value is -1.57. The third kappa shape index (κ3) is 17.3. The summed E-state index contributed by atoms with van der Waals surface area (Å²) in [7, 11) is 13.2. The number of hydrogen-bond acceptors (Lipinski definition) is 3. The molecule has 0 aliphatic carbocycles. The molecule has 0 saturated heterocycles. The Morgan fingerprint density at radius 3 is 1.08 bits per heavy atom. The highest BCUT2D eigenvalue weighted by Gasteiger charge is 2.07. The zero-order chi connectivity index (χ0) is 20.2. The second-order valence-corrected chi connectivity index (χ2v) is 8.48. The lowest BCUT2D eigenvalue weighted by molar-refractivity contribution is -0.884. The van der Waals surface area contributed by atoms with Gasteiger partial charge in [-0.15, -0.1) is 11.4 Å². The third-order valence-electron chi connectivity index (χ3n) is 3.00. The highest BCUT2D eigenvalue weighted by molar-refractivity contribution is 7.72. The van der Waals surface area contributed by atoms with Crippen LogP contribution in [0.5, 0.6) is 0 Å². The van der Waals surface area contributed by atoms with Gasteiger partial charge in [0.2, 0.25) is 0 Å². The second kappa shape index (κ2) is 11.9. The van der Waals surface area contributed by atoms with E-state index in [1.165, 1.54) is 11.1 Å². The first kappa shape index (κ1) is 24.4. The predicted molar refractivity (Wildman–Crippen MR) is 106 cm³/mol. The van der Waals surface area contributed by atoms with Crippen LogP contribution in [0, 0.1) is 0 Å². The highest BCUT2D eigenvalue weighted by atomic mass is 32.2. The van der Waals surface area contributed by atoms with E-state index < -0.39 is 11.4 Å². The molecule has 2 rings (SSSR count). The molecule has 0 aromatic heterocycles. The Kier molecular flexibility index (Phi) is 11.2. The second-order valence-electron chi connectivity index (χ2n) is 8.07. The monoisotopic (exact) mass is 380 g/mol. The van der Waals surface area contributed by atoms with Crippen molar-refractivity contribution in [2.45, 2.75) is 13.1 Å². The fraction of sp³-hybridized carbons (Fsp3) is 0.400. The molecule has 0 aliphatic heterocycles. The lowest BCUT2D eigenvalue weighted by atomic mass is 10.2. The fourth-order valence-corrected chi connectivity index (χ4v) is 2.26. The van der Waals surface area contributed by atoms with Crippen LogP contribution in [0.3, 0.4) is 0 Å². The van der Waals surface area contributed by atoms with Crippen LogP contribution in [0.4, 0.5) is 0 Å². The topological polar surface area (TPSA) is 63.2 Å². The quantitative estimate of drug-likeness (QED) is 0.605. The summed E-state index contributed by atoms with van der Waals surface area (Å²) < 4.78 is 27.3. The first-order chi connectivity index (χ1) is 11.9. The summed E-state index contributed by atoms with van der Waals surface area (Å²) in [5.74, 6) is 0. The van der Waals surface area contributed by atoms with E-state index in [2.05, 4.69) is 103 Å². The van der Waals surface area contributed by atoms with E-state index in [1.54, 1.807) is 0 Å². The summed E-state index contributed by atoms with van der Waals surface area (Å²) in [5, 5.41) is 0. The van der Waals surface area contributed by atoms with Crippen LogP contribution in [0.15, 0.2) is 60.7 Å². The van der Waals surface area contributed by atoms with Crippen molar-refractivity contribution in [2.75, 3.05) is 42.3 Å². The number of nitrogens with zero attached hydrogens (tertiary/aromatic N) is 2. The Labute approximate surface area is 161 Å². The van der Waals surface area contributed by atoms with Gasteiger partial charge < -0.3 is 18.1 Å². The standard InChI is InChI=1S/2C10H16N.H2O3S/c2*1-11(2,3)9-10-7-5-4-6-8-10;1-4(2)3/h2*4-8H,9H2,1-3H3;(H2,1,2,3)/q2*+1;/p-2. The molecular formula is C20H32N2O3S. The van der Waals surface area contributed by atoms with E-state index in [0.717, 1.165) is 22.1 Å². The zero-order valence-corrected chi connectivity index (χ0v) is 17.5. The van der Waals surface area contributed by atoms with Crippen molar-refractivity contribution in [3.8, 4) is 0 Å². The molecule has 0 unspecified atom stereocenters. The van der Waals surface area contributed by atoms with Crippen LogP contribution in [0.1, 0.15) is 11.1 Å². The van der Waals surface area contributed by atoms with Crippen LogP contribution in [0.2, 0.25) is 0 Å². The van der Waals surface area contributed by atoms with Gasteiger partial charge in [0.1, 0.15) is 13.1 Å². The maximum absolute atomic E-state index is 8.44. The number of quaternary nitrogens is 2. The van der Waals surface area contributed by atoms with Gasteiger partial charge in [0.25, 0.3) is 0 Å². The molecule has 0 atom stereocenters. The normalized spacial score (nSPS) is 11.1. The van der Waals surface area contributed by atoms with Crippen LogP contribution < -0.4 is 0 Å². The van der Waals surface area contributed by atoms with Crippen molar-refractivity contribution in [1.82, 2.24) is 0 Å². The van der Waals surface area contributed by atoms with Crippen LogP contribution in [-0.4, -0.2) is 64.6 Å². The number of rotatable bonds is 4. The van der Waals surface area contributed by atoms with E-state index >= 15 is 0 Å². The minimum Gasteiger partial charge on any atom is -0.784 e. The molecule has 0 bridgehead atoms. The van der Waals surface area contributed by atoms with Crippen molar-refractivity contribution < 1.29 is 22.3 Å². The maximum Gasteiger partial charge on any atom is 0.104 e. The Morgan fingerprint density at radius 2 is 0.885 bits per heavy atom. The Morgan fingerprint density at radius 1 is 0.654 bits per heavy atom. The third-order valence-corrected chi connectivity index (χ3v) is 3.00. The number of hydrogen-bond donors (Lipinski definition) is 0. The van der Waals surface area contributed by atoms with Crippen LogP contribution >= 0.6 is 0 Å².